The van der Waals surface area contributed by atoms with Crippen LogP contribution in [0.15, 0.2) is 0 Å². The quantitative estimate of drug-likeness (QED) is 0.713. The van der Waals surface area contributed by atoms with Gasteiger partial charge in [0.1, 0.15) is 0 Å². The van der Waals surface area contributed by atoms with Crippen LogP contribution in [0.3, 0.4) is 0 Å². The highest BCUT2D eigenvalue weighted by atomic mass is 16.5. The molecule has 0 atom stereocenters. The first-order chi connectivity index (χ1) is 10.8. The first-order valence-electron chi connectivity index (χ1n) is 8.70. The summed E-state index contributed by atoms with van der Waals surface area (Å²) in [4.78, 5) is 18.8. The largest absolute Gasteiger partial charge is 0.396 e. The Kier molecular flexibility index (Phi) is 10.4. The van der Waals surface area contributed by atoms with Crippen LogP contribution in [0.4, 0.5) is 0 Å². The highest BCUT2D eigenvalue weighted by Gasteiger charge is 2.23. The van der Waals surface area contributed by atoms with Gasteiger partial charge in [-0.15, -0.1) is 0 Å². The lowest BCUT2D eigenvalue weighted by molar-refractivity contribution is -0.135. The van der Waals surface area contributed by atoms with E-state index in [0.717, 1.165) is 71.9 Å². The Morgan fingerprint density at radius 3 is 2.18 bits per heavy atom. The normalized spacial score (nSPS) is 20.4. The summed E-state index contributed by atoms with van der Waals surface area (Å²) >= 11 is 0. The molecule has 2 aliphatic rings. The molecule has 0 bridgehead atoms. The van der Waals surface area contributed by atoms with Crippen molar-refractivity contribution in [1.29, 1.82) is 0 Å². The molecule has 2 aliphatic heterocycles. The van der Waals surface area contributed by atoms with Gasteiger partial charge in [-0.3, -0.25) is 14.6 Å². The average Bonchev–Trinajstić information content (AvgIpc) is 2.58. The van der Waals surface area contributed by atoms with E-state index in [4.69, 9.17) is 9.84 Å². The summed E-state index contributed by atoms with van der Waals surface area (Å²) in [5.74, 6) is 0.252. The predicted molar refractivity (Wildman–Crippen MR) is 87.9 cm³/mol. The van der Waals surface area contributed by atoms with Crippen LogP contribution < -0.4 is 0 Å². The number of nitrogens with zero attached hydrogens (tertiary/aromatic N) is 3. The van der Waals surface area contributed by atoms with Crippen molar-refractivity contribution in [3.8, 4) is 0 Å². The summed E-state index contributed by atoms with van der Waals surface area (Å²) in [6, 6.07) is 0. The molecule has 2 rings (SSSR count). The molecule has 0 saturated carbocycles. The van der Waals surface area contributed by atoms with Crippen molar-refractivity contribution in [3.63, 3.8) is 0 Å². The number of morpholine rings is 1. The van der Waals surface area contributed by atoms with Crippen molar-refractivity contribution in [1.82, 2.24) is 14.7 Å². The molecule has 0 aromatic heterocycles. The van der Waals surface area contributed by atoms with Crippen LogP contribution in [0.5, 0.6) is 0 Å². The first kappa shape index (κ1) is 19.4. The van der Waals surface area contributed by atoms with Gasteiger partial charge in [-0.1, -0.05) is 13.8 Å². The third-order valence-electron chi connectivity index (χ3n) is 4.07. The molecule has 130 valence electrons. The second-order valence-corrected chi connectivity index (χ2v) is 5.54. The summed E-state index contributed by atoms with van der Waals surface area (Å²) in [6.45, 7) is 12.7. The van der Waals surface area contributed by atoms with Crippen LogP contribution in [0.2, 0.25) is 0 Å². The van der Waals surface area contributed by atoms with E-state index in [1.807, 2.05) is 18.7 Å². The van der Waals surface area contributed by atoms with Crippen molar-refractivity contribution in [2.75, 3.05) is 72.2 Å². The number of carbonyl (C=O) groups is 1. The van der Waals surface area contributed by atoms with Gasteiger partial charge in [0.2, 0.25) is 5.91 Å². The molecule has 0 aromatic rings. The molecular formula is C16H33N3O3. The van der Waals surface area contributed by atoms with Crippen molar-refractivity contribution in [2.45, 2.75) is 26.7 Å². The Bertz CT molecular complexity index is 288. The van der Waals surface area contributed by atoms with Gasteiger partial charge in [0.25, 0.3) is 0 Å². The highest BCUT2D eigenvalue weighted by Crippen LogP contribution is 2.05. The third kappa shape index (κ3) is 7.05. The fourth-order valence-electron chi connectivity index (χ4n) is 2.72. The van der Waals surface area contributed by atoms with Gasteiger partial charge in [-0.05, 0) is 19.4 Å². The zero-order valence-corrected chi connectivity index (χ0v) is 14.3. The first-order valence-corrected chi connectivity index (χ1v) is 8.70. The second kappa shape index (κ2) is 11.8. The summed E-state index contributed by atoms with van der Waals surface area (Å²) in [6.07, 6.45) is 1.91. The topological polar surface area (TPSA) is 56.2 Å². The number of rotatable bonds is 6. The van der Waals surface area contributed by atoms with Crippen molar-refractivity contribution in [3.05, 3.63) is 0 Å². The maximum absolute atomic E-state index is 12.2. The van der Waals surface area contributed by atoms with E-state index >= 15 is 0 Å². The summed E-state index contributed by atoms with van der Waals surface area (Å²) in [5, 5.41) is 8.78. The maximum atomic E-state index is 12.2. The van der Waals surface area contributed by atoms with Gasteiger partial charge in [0.15, 0.2) is 0 Å². The molecule has 1 N–H and O–H groups in total. The Morgan fingerprint density at radius 2 is 1.59 bits per heavy atom. The Hall–Kier alpha value is -0.690. The average molecular weight is 315 g/mol. The van der Waals surface area contributed by atoms with E-state index in [1.165, 1.54) is 0 Å². The molecule has 6 heteroatoms. The highest BCUT2D eigenvalue weighted by molar-refractivity contribution is 5.78. The molecular weight excluding hydrogens is 282 g/mol. The van der Waals surface area contributed by atoms with Gasteiger partial charge in [-0.25, -0.2) is 0 Å². The zero-order chi connectivity index (χ0) is 16.2. The van der Waals surface area contributed by atoms with Gasteiger partial charge in [0.05, 0.1) is 19.8 Å². The fraction of sp³-hybridized carbons (Fsp3) is 0.938. The van der Waals surface area contributed by atoms with E-state index in [2.05, 4.69) is 9.80 Å². The molecule has 2 heterocycles. The van der Waals surface area contributed by atoms with Crippen LogP contribution in [-0.2, 0) is 9.53 Å². The Balaban J connectivity index is 0.00000116. The lowest BCUT2D eigenvalue weighted by Crippen LogP contribution is -2.52. The second-order valence-electron chi connectivity index (χ2n) is 5.54. The van der Waals surface area contributed by atoms with Crippen LogP contribution in [-0.4, -0.2) is 97.9 Å². The number of aliphatic hydroxyl groups excluding tert-OH is 1. The Morgan fingerprint density at radius 1 is 0.955 bits per heavy atom. The van der Waals surface area contributed by atoms with E-state index in [0.29, 0.717) is 6.54 Å². The lowest BCUT2D eigenvalue weighted by Gasteiger charge is -2.36. The van der Waals surface area contributed by atoms with Crippen LogP contribution >= 0.6 is 0 Å². The number of hydrogen-bond donors (Lipinski definition) is 1. The fourth-order valence-corrected chi connectivity index (χ4v) is 2.72. The summed E-state index contributed by atoms with van der Waals surface area (Å²) < 4.78 is 5.30. The smallest absolute Gasteiger partial charge is 0.236 e. The van der Waals surface area contributed by atoms with Crippen LogP contribution in [0.1, 0.15) is 26.7 Å². The molecule has 6 nitrogen and oxygen atoms in total. The molecule has 1 amide bonds. The molecule has 0 spiro atoms. The van der Waals surface area contributed by atoms with Crippen molar-refractivity contribution < 1.29 is 14.6 Å². The standard InChI is InChI=1S/C14H27N3O3.C2H6/c18-10-2-1-3-15-4-6-17(7-5-15)14(19)13-16-8-11-20-12-9-16;1-2/h18H,1-13H2;1-2H3. The molecule has 0 aliphatic carbocycles. The summed E-state index contributed by atoms with van der Waals surface area (Å²) in [7, 11) is 0. The number of piperazine rings is 1. The van der Waals surface area contributed by atoms with Crippen molar-refractivity contribution in [2.24, 2.45) is 0 Å². The minimum atomic E-state index is 0.252. The number of ether oxygens (including phenoxy) is 1. The van der Waals surface area contributed by atoms with Gasteiger partial charge < -0.3 is 14.7 Å². The zero-order valence-electron chi connectivity index (χ0n) is 14.3. The molecule has 0 unspecified atom stereocenters. The van der Waals surface area contributed by atoms with E-state index in [-0.39, 0.29) is 12.5 Å². The van der Waals surface area contributed by atoms with E-state index in [9.17, 15) is 4.79 Å². The Labute approximate surface area is 135 Å². The predicted octanol–water partition coefficient (Wildman–Crippen LogP) is 0.262. The summed E-state index contributed by atoms with van der Waals surface area (Å²) in [5.41, 5.74) is 0. The number of aliphatic hydroxyl groups is 1. The van der Waals surface area contributed by atoms with Crippen molar-refractivity contribution >= 4 is 5.91 Å². The number of unbranched alkanes of at least 4 members (excludes halogenated alkanes) is 1. The number of hydrogen-bond acceptors (Lipinski definition) is 5. The monoisotopic (exact) mass is 315 g/mol. The molecule has 2 saturated heterocycles. The SMILES string of the molecule is CC.O=C(CN1CCOCC1)N1CCN(CCCCO)CC1. The van der Waals surface area contributed by atoms with E-state index in [1.54, 1.807) is 0 Å². The number of amides is 1. The van der Waals surface area contributed by atoms with Gasteiger partial charge in [-0.2, -0.15) is 0 Å². The minimum absolute atomic E-state index is 0.252. The molecule has 0 aromatic carbocycles. The number of carbonyl (C=O) groups excluding carboxylic acids is 1. The maximum Gasteiger partial charge on any atom is 0.236 e. The minimum Gasteiger partial charge on any atom is -0.396 e. The third-order valence-corrected chi connectivity index (χ3v) is 4.07. The molecule has 22 heavy (non-hydrogen) atoms. The van der Waals surface area contributed by atoms with Crippen LogP contribution in [0.25, 0.3) is 0 Å². The lowest BCUT2D eigenvalue weighted by atomic mass is 10.2. The van der Waals surface area contributed by atoms with Gasteiger partial charge >= 0.3 is 0 Å². The van der Waals surface area contributed by atoms with Gasteiger partial charge in [0, 0.05) is 45.9 Å². The molecule has 0 radical (unpaired) electrons. The van der Waals surface area contributed by atoms with E-state index < -0.39 is 0 Å². The van der Waals surface area contributed by atoms with Crippen LogP contribution in [0, 0.1) is 0 Å². The molecule has 2 fully saturated rings.